The molecule has 152 valence electrons. The van der Waals surface area contributed by atoms with Gasteiger partial charge in [-0.3, -0.25) is 4.57 Å². The molecule has 0 unspecified atom stereocenters. The minimum atomic E-state index is -0.00552. The van der Waals surface area contributed by atoms with Crippen LogP contribution in [0.1, 0.15) is 25.0 Å². The van der Waals surface area contributed by atoms with Crippen LogP contribution >= 0.6 is 0 Å². The van der Waals surface area contributed by atoms with Gasteiger partial charge in [0.25, 0.3) is 0 Å². The number of aromatic nitrogens is 3. The number of hydrogen-bond donors (Lipinski definition) is 0. The van der Waals surface area contributed by atoms with E-state index in [0.29, 0.717) is 0 Å². The Bertz CT molecular complexity index is 1690. The number of nitrogens with zero attached hydrogens (tertiary/aromatic N) is 3. The molecular weight excluding hydrogens is 390 g/mol. The van der Waals surface area contributed by atoms with Gasteiger partial charge in [0.15, 0.2) is 0 Å². The van der Waals surface area contributed by atoms with Crippen molar-refractivity contribution in [3.05, 3.63) is 103 Å². The first-order valence-electron chi connectivity index (χ1n) is 11.0. The molecule has 3 nitrogen and oxygen atoms in total. The third-order valence-electron chi connectivity index (χ3n) is 7.15. The van der Waals surface area contributed by atoms with Crippen LogP contribution in [0.5, 0.6) is 0 Å². The maximum Gasteiger partial charge on any atom is 0.140 e. The van der Waals surface area contributed by atoms with E-state index >= 15 is 0 Å². The summed E-state index contributed by atoms with van der Waals surface area (Å²) in [6, 6.07) is 28.7. The van der Waals surface area contributed by atoms with Crippen molar-refractivity contribution < 1.29 is 0 Å². The van der Waals surface area contributed by atoms with E-state index in [-0.39, 0.29) is 5.41 Å². The number of fused-ring (bicyclic) bond motifs is 8. The normalized spacial score (nSPS) is 14.2. The van der Waals surface area contributed by atoms with Crippen molar-refractivity contribution in [1.29, 1.82) is 0 Å². The van der Waals surface area contributed by atoms with Crippen LogP contribution in [0.3, 0.4) is 0 Å². The number of para-hydroxylation sites is 1. The van der Waals surface area contributed by atoms with E-state index in [1.807, 2.05) is 6.07 Å². The summed E-state index contributed by atoms with van der Waals surface area (Å²) in [5, 5.41) is 5.06. The molecule has 32 heavy (non-hydrogen) atoms. The maximum atomic E-state index is 4.58. The number of rotatable bonds is 1. The molecule has 6 aromatic rings. The predicted octanol–water partition coefficient (Wildman–Crippen LogP) is 7.03. The van der Waals surface area contributed by atoms with Gasteiger partial charge in [-0.05, 0) is 57.3 Å². The molecule has 2 aromatic heterocycles. The predicted molar refractivity (Wildman–Crippen MR) is 131 cm³/mol. The van der Waals surface area contributed by atoms with Gasteiger partial charge in [-0.2, -0.15) is 0 Å². The Hall–Kier alpha value is -3.98. The van der Waals surface area contributed by atoms with E-state index in [0.717, 1.165) is 11.3 Å². The molecule has 0 fully saturated rings. The molecule has 1 aliphatic carbocycles. The quantitative estimate of drug-likeness (QED) is 0.291. The van der Waals surface area contributed by atoms with Crippen LogP contribution in [0.15, 0.2) is 91.4 Å². The largest absolute Gasteiger partial charge is 0.294 e. The first-order chi connectivity index (χ1) is 15.6. The first kappa shape index (κ1) is 17.7. The van der Waals surface area contributed by atoms with Gasteiger partial charge in [0.2, 0.25) is 0 Å². The van der Waals surface area contributed by atoms with Crippen molar-refractivity contribution in [2.24, 2.45) is 0 Å². The van der Waals surface area contributed by atoms with Crippen LogP contribution in [0.25, 0.3) is 49.5 Å². The third-order valence-corrected chi connectivity index (χ3v) is 7.15. The zero-order chi connectivity index (χ0) is 21.4. The molecule has 2 heterocycles. The summed E-state index contributed by atoms with van der Waals surface area (Å²) in [5.41, 5.74) is 7.84. The maximum absolute atomic E-state index is 4.58. The summed E-state index contributed by atoms with van der Waals surface area (Å²) in [6.07, 6.45) is 3.42. The zero-order valence-corrected chi connectivity index (χ0v) is 18.0. The summed E-state index contributed by atoms with van der Waals surface area (Å²) < 4.78 is 2.26. The van der Waals surface area contributed by atoms with Gasteiger partial charge in [0.05, 0.1) is 11.0 Å². The zero-order valence-electron chi connectivity index (χ0n) is 18.0. The summed E-state index contributed by atoms with van der Waals surface area (Å²) in [5.74, 6) is 0.888. The van der Waals surface area contributed by atoms with Crippen LogP contribution in [0.2, 0.25) is 0 Å². The Morgan fingerprint density at radius 2 is 1.56 bits per heavy atom. The molecule has 0 radical (unpaired) electrons. The highest BCUT2D eigenvalue weighted by Crippen LogP contribution is 2.51. The Labute approximate surface area is 186 Å². The highest BCUT2D eigenvalue weighted by molar-refractivity contribution is 6.16. The van der Waals surface area contributed by atoms with Crippen molar-refractivity contribution >= 4 is 32.6 Å². The van der Waals surface area contributed by atoms with Gasteiger partial charge in [-0.1, -0.05) is 68.4 Å². The minimum absolute atomic E-state index is 0.00552. The van der Waals surface area contributed by atoms with E-state index in [2.05, 4.69) is 101 Å². The van der Waals surface area contributed by atoms with Crippen molar-refractivity contribution in [3.8, 4) is 16.9 Å². The van der Waals surface area contributed by atoms with Crippen molar-refractivity contribution in [1.82, 2.24) is 14.5 Å². The molecule has 0 amide bonds. The second-order valence-electron chi connectivity index (χ2n) is 9.17. The second kappa shape index (κ2) is 6.04. The van der Waals surface area contributed by atoms with Crippen LogP contribution in [0, 0.1) is 0 Å². The lowest BCUT2D eigenvalue weighted by molar-refractivity contribution is 0.661. The Balaban J connectivity index is 1.68. The molecule has 0 saturated heterocycles. The molecule has 0 bridgehead atoms. The van der Waals surface area contributed by atoms with Crippen LogP contribution < -0.4 is 0 Å². The Morgan fingerprint density at radius 3 is 2.44 bits per heavy atom. The minimum Gasteiger partial charge on any atom is -0.294 e. The van der Waals surface area contributed by atoms with E-state index in [4.69, 9.17) is 0 Å². The van der Waals surface area contributed by atoms with Crippen LogP contribution in [-0.4, -0.2) is 14.5 Å². The topological polar surface area (TPSA) is 30.7 Å². The van der Waals surface area contributed by atoms with Gasteiger partial charge in [-0.25, -0.2) is 9.97 Å². The highest BCUT2D eigenvalue weighted by atomic mass is 15.1. The van der Waals surface area contributed by atoms with Crippen LogP contribution in [0.4, 0.5) is 0 Å². The molecule has 0 spiro atoms. The number of hydrogen-bond acceptors (Lipinski definition) is 2. The van der Waals surface area contributed by atoms with E-state index in [9.17, 15) is 0 Å². The van der Waals surface area contributed by atoms with E-state index in [1.54, 1.807) is 12.5 Å². The van der Waals surface area contributed by atoms with Gasteiger partial charge < -0.3 is 0 Å². The van der Waals surface area contributed by atoms with Gasteiger partial charge in [0, 0.05) is 22.4 Å². The van der Waals surface area contributed by atoms with Gasteiger partial charge >= 0.3 is 0 Å². The standard InChI is InChI=1S/C29H21N3/c1-29(2)23-9-5-3-8-20(23)28-21-16-26-22(15-18(21)11-12-24(28)29)19-7-4-6-10-25(19)32(26)27-13-14-30-17-31-27/h3-17H,1-2H3. The molecular formula is C29H21N3. The monoisotopic (exact) mass is 411 g/mol. The fraction of sp³-hybridized carbons (Fsp3) is 0.103. The fourth-order valence-corrected chi connectivity index (χ4v) is 5.65. The average Bonchev–Trinajstić information content (AvgIpc) is 3.27. The average molecular weight is 412 g/mol. The fourth-order valence-electron chi connectivity index (χ4n) is 5.65. The van der Waals surface area contributed by atoms with E-state index in [1.165, 1.54) is 49.3 Å². The third kappa shape index (κ3) is 2.15. The molecule has 3 heteroatoms. The molecule has 4 aromatic carbocycles. The Kier molecular flexibility index (Phi) is 3.34. The molecule has 0 atom stereocenters. The SMILES string of the molecule is CC1(C)c2ccccc2-c2c1ccc1cc3c4ccccc4n(-c4ccncn4)c3cc21. The lowest BCUT2D eigenvalue weighted by Crippen LogP contribution is -2.14. The van der Waals surface area contributed by atoms with Crippen molar-refractivity contribution in [2.45, 2.75) is 19.3 Å². The number of benzene rings is 4. The molecule has 0 N–H and O–H groups in total. The molecule has 0 aliphatic heterocycles. The molecule has 7 rings (SSSR count). The molecule has 0 saturated carbocycles. The lowest BCUT2D eigenvalue weighted by atomic mass is 9.82. The van der Waals surface area contributed by atoms with Gasteiger partial charge in [-0.15, -0.1) is 0 Å². The van der Waals surface area contributed by atoms with Gasteiger partial charge in [0.1, 0.15) is 12.1 Å². The second-order valence-corrected chi connectivity index (χ2v) is 9.17. The highest BCUT2D eigenvalue weighted by Gasteiger charge is 2.36. The first-order valence-corrected chi connectivity index (χ1v) is 11.0. The summed E-state index contributed by atoms with van der Waals surface area (Å²) in [4.78, 5) is 8.71. The summed E-state index contributed by atoms with van der Waals surface area (Å²) in [7, 11) is 0. The summed E-state index contributed by atoms with van der Waals surface area (Å²) in [6.45, 7) is 4.67. The van der Waals surface area contributed by atoms with Crippen molar-refractivity contribution in [2.75, 3.05) is 0 Å². The van der Waals surface area contributed by atoms with Crippen molar-refractivity contribution in [3.63, 3.8) is 0 Å². The lowest BCUT2D eigenvalue weighted by Gasteiger charge is -2.21. The van der Waals surface area contributed by atoms with Crippen LogP contribution in [-0.2, 0) is 5.41 Å². The van der Waals surface area contributed by atoms with E-state index < -0.39 is 0 Å². The summed E-state index contributed by atoms with van der Waals surface area (Å²) >= 11 is 0. The smallest absolute Gasteiger partial charge is 0.140 e. The Morgan fingerprint density at radius 1 is 0.719 bits per heavy atom. The molecule has 1 aliphatic rings.